The predicted octanol–water partition coefficient (Wildman–Crippen LogP) is 4.14. The number of H-pyrrole nitrogens is 1. The molecule has 1 fully saturated rings. The highest BCUT2D eigenvalue weighted by Gasteiger charge is 2.33. The number of rotatable bonds is 3. The van der Waals surface area contributed by atoms with E-state index >= 15 is 0 Å². The van der Waals surface area contributed by atoms with Crippen molar-refractivity contribution in [3.63, 3.8) is 0 Å². The van der Waals surface area contributed by atoms with Crippen LogP contribution in [-0.2, 0) is 4.74 Å². The zero-order chi connectivity index (χ0) is 23.3. The van der Waals surface area contributed by atoms with Crippen LogP contribution in [-0.4, -0.2) is 52.5 Å². The summed E-state index contributed by atoms with van der Waals surface area (Å²) in [6, 6.07) is 9.52. The van der Waals surface area contributed by atoms with E-state index in [1.54, 1.807) is 20.8 Å². The molecule has 1 aromatic heterocycles. The maximum absolute atomic E-state index is 14.6. The maximum atomic E-state index is 14.6. The Balaban J connectivity index is 1.58. The molecule has 0 bridgehead atoms. The van der Waals surface area contributed by atoms with Gasteiger partial charge in [0.15, 0.2) is 0 Å². The van der Waals surface area contributed by atoms with Crippen molar-refractivity contribution in [3.05, 3.63) is 59.3 Å². The summed E-state index contributed by atoms with van der Waals surface area (Å²) < 4.78 is 34.9. The van der Waals surface area contributed by atoms with Gasteiger partial charge < -0.3 is 20.1 Å². The highest BCUT2D eigenvalue weighted by atomic mass is 19.1. The molecular formula is C24H25F2N5O2. The third-order valence-electron chi connectivity index (χ3n) is 6.08. The Morgan fingerprint density at radius 3 is 2.67 bits per heavy atom. The van der Waals surface area contributed by atoms with E-state index in [4.69, 9.17) is 4.74 Å². The molecule has 2 aromatic carbocycles. The Kier molecular flexibility index (Phi) is 5.18. The van der Waals surface area contributed by atoms with E-state index in [0.717, 1.165) is 11.3 Å². The maximum Gasteiger partial charge on any atom is 0.144 e. The molecule has 0 radical (unpaired) electrons. The molecule has 7 nitrogen and oxygen atoms in total. The summed E-state index contributed by atoms with van der Waals surface area (Å²) in [4.78, 5) is 6.71. The van der Waals surface area contributed by atoms with Gasteiger partial charge in [-0.1, -0.05) is 6.07 Å². The Bertz CT molecular complexity index is 1230. The topological polar surface area (TPSA) is 85.8 Å². The molecule has 1 saturated heterocycles. The molecule has 9 heteroatoms. The molecule has 2 aliphatic rings. The fraction of sp³-hybridized carbons (Fsp3) is 0.333. The number of aromatic amines is 1. The first-order valence-electron chi connectivity index (χ1n) is 10.8. The number of aromatic nitrogens is 2. The van der Waals surface area contributed by atoms with Crippen LogP contribution in [0.4, 0.5) is 25.8 Å². The van der Waals surface area contributed by atoms with Crippen molar-refractivity contribution in [3.8, 4) is 11.3 Å². The molecule has 3 aromatic rings. The van der Waals surface area contributed by atoms with E-state index in [9.17, 15) is 13.9 Å². The number of ether oxygens (including phenoxy) is 1. The van der Waals surface area contributed by atoms with E-state index < -0.39 is 17.2 Å². The predicted molar refractivity (Wildman–Crippen MR) is 123 cm³/mol. The lowest BCUT2D eigenvalue weighted by Gasteiger charge is -2.39. The summed E-state index contributed by atoms with van der Waals surface area (Å²) >= 11 is 0. The number of aliphatic hydroxyl groups is 1. The molecule has 1 atom stereocenters. The van der Waals surface area contributed by atoms with E-state index in [2.05, 4.69) is 25.4 Å². The van der Waals surface area contributed by atoms with Crippen LogP contribution in [0.1, 0.15) is 25.1 Å². The molecular weight excluding hydrogens is 428 g/mol. The number of morpholine rings is 1. The number of hydrogen-bond donors (Lipinski definition) is 3. The third kappa shape index (κ3) is 3.87. The van der Waals surface area contributed by atoms with Gasteiger partial charge in [-0.3, -0.25) is 5.10 Å². The first-order chi connectivity index (χ1) is 15.7. The Hall–Kier alpha value is -3.30. The van der Waals surface area contributed by atoms with Gasteiger partial charge in [0.2, 0.25) is 0 Å². The number of aliphatic imine (C=N–C) groups is 1. The lowest BCUT2D eigenvalue weighted by molar-refractivity contribution is -0.0927. The summed E-state index contributed by atoms with van der Waals surface area (Å²) in [5.74, 6) is -1.32. The van der Waals surface area contributed by atoms with Gasteiger partial charge in [-0.25, -0.2) is 13.8 Å². The third-order valence-corrected chi connectivity index (χ3v) is 6.08. The molecule has 33 heavy (non-hydrogen) atoms. The van der Waals surface area contributed by atoms with Crippen molar-refractivity contribution >= 4 is 22.9 Å². The zero-order valence-electron chi connectivity index (χ0n) is 18.6. The molecule has 3 N–H and O–H groups in total. The van der Waals surface area contributed by atoms with Crippen LogP contribution in [0, 0.1) is 18.6 Å². The van der Waals surface area contributed by atoms with Gasteiger partial charge in [0.25, 0.3) is 0 Å². The van der Waals surface area contributed by atoms with Crippen LogP contribution in [0.2, 0.25) is 0 Å². The van der Waals surface area contributed by atoms with Crippen molar-refractivity contribution in [1.82, 2.24) is 10.2 Å². The molecule has 0 saturated carbocycles. The first kappa shape index (κ1) is 21.5. The van der Waals surface area contributed by atoms with Crippen LogP contribution in [0.15, 0.2) is 41.4 Å². The molecule has 2 aliphatic heterocycles. The number of benzene rings is 2. The first-order valence-corrected chi connectivity index (χ1v) is 10.8. The lowest BCUT2D eigenvalue weighted by atomic mass is 9.99. The molecule has 5 rings (SSSR count). The van der Waals surface area contributed by atoms with Crippen LogP contribution >= 0.6 is 0 Å². The minimum absolute atomic E-state index is 0.0799. The number of amidine groups is 1. The Morgan fingerprint density at radius 2 is 1.94 bits per heavy atom. The molecule has 1 unspecified atom stereocenters. The summed E-state index contributed by atoms with van der Waals surface area (Å²) in [5.41, 5.74) is 2.98. The highest BCUT2D eigenvalue weighted by molar-refractivity contribution is 6.13. The average Bonchev–Trinajstić information content (AvgIpc) is 3.04. The summed E-state index contributed by atoms with van der Waals surface area (Å²) in [6.07, 6.45) is -0.327. The molecule has 0 spiro atoms. The fourth-order valence-corrected chi connectivity index (χ4v) is 4.22. The van der Waals surface area contributed by atoms with Gasteiger partial charge in [0.05, 0.1) is 29.2 Å². The minimum Gasteiger partial charge on any atom is -0.388 e. The minimum atomic E-state index is -0.966. The van der Waals surface area contributed by atoms with E-state index in [0.29, 0.717) is 42.5 Å². The number of fused-ring (bicyclic) bond motifs is 3. The van der Waals surface area contributed by atoms with E-state index in [-0.39, 0.29) is 17.5 Å². The standard InChI is InChI=1S/C24H25F2N5O2/c1-13-21-22(30-29-13)15-11-14(31-9-10-33-19(12-31)24(2,3)32)7-8-18(15)27-23(28-21)20-16(25)5-4-6-17(20)26/h4-8,11,19,32H,9-10,12H2,1-3H3,(H,27,28)(H,29,30). The van der Waals surface area contributed by atoms with Gasteiger partial charge in [-0.15, -0.1) is 0 Å². The number of hydrogen-bond acceptors (Lipinski definition) is 6. The van der Waals surface area contributed by atoms with Crippen LogP contribution in [0.5, 0.6) is 0 Å². The Morgan fingerprint density at radius 1 is 1.18 bits per heavy atom. The van der Waals surface area contributed by atoms with Gasteiger partial charge in [0.1, 0.15) is 29.3 Å². The number of nitrogens with one attached hydrogen (secondary N) is 2. The number of anilines is 2. The van der Waals surface area contributed by atoms with Crippen LogP contribution in [0.25, 0.3) is 11.3 Å². The smallest absolute Gasteiger partial charge is 0.144 e. The van der Waals surface area contributed by atoms with Gasteiger partial charge in [-0.2, -0.15) is 5.10 Å². The molecule has 0 amide bonds. The average molecular weight is 453 g/mol. The molecule has 3 heterocycles. The van der Waals surface area contributed by atoms with E-state index in [1.807, 2.05) is 18.2 Å². The quantitative estimate of drug-likeness (QED) is 0.555. The fourth-order valence-electron chi connectivity index (χ4n) is 4.22. The largest absolute Gasteiger partial charge is 0.388 e. The zero-order valence-corrected chi connectivity index (χ0v) is 18.6. The van der Waals surface area contributed by atoms with Gasteiger partial charge in [-0.05, 0) is 51.1 Å². The number of halogens is 2. The number of nitrogens with zero attached hydrogens (tertiary/aromatic N) is 3. The monoisotopic (exact) mass is 453 g/mol. The van der Waals surface area contributed by atoms with Crippen molar-refractivity contribution < 1.29 is 18.6 Å². The Labute approximate surface area is 190 Å². The summed E-state index contributed by atoms with van der Waals surface area (Å²) in [7, 11) is 0. The van der Waals surface area contributed by atoms with Crippen molar-refractivity contribution in [1.29, 1.82) is 0 Å². The second kappa shape index (κ2) is 7.93. The van der Waals surface area contributed by atoms with Crippen molar-refractivity contribution in [2.45, 2.75) is 32.5 Å². The highest BCUT2D eigenvalue weighted by Crippen LogP contribution is 2.41. The van der Waals surface area contributed by atoms with Gasteiger partial charge >= 0.3 is 0 Å². The second-order valence-corrected chi connectivity index (χ2v) is 8.90. The summed E-state index contributed by atoms with van der Waals surface area (Å²) in [5, 5.41) is 20.8. The van der Waals surface area contributed by atoms with Gasteiger partial charge in [0, 0.05) is 30.0 Å². The summed E-state index contributed by atoms with van der Waals surface area (Å²) in [6.45, 7) is 6.98. The van der Waals surface area contributed by atoms with E-state index in [1.165, 1.54) is 18.2 Å². The molecule has 0 aliphatic carbocycles. The van der Waals surface area contributed by atoms with Crippen molar-refractivity contribution in [2.24, 2.45) is 4.99 Å². The second-order valence-electron chi connectivity index (χ2n) is 8.90. The van der Waals surface area contributed by atoms with Crippen molar-refractivity contribution in [2.75, 3.05) is 29.9 Å². The SMILES string of the molecule is Cc1n[nH]c2c1N=C(c1c(F)cccc1F)Nc1ccc(N3CCOC(C(C)(C)O)C3)cc1-2. The van der Waals surface area contributed by atoms with Crippen LogP contribution < -0.4 is 10.2 Å². The molecule has 172 valence electrons. The lowest BCUT2D eigenvalue weighted by Crippen LogP contribution is -2.52. The number of aryl methyl sites for hydroxylation is 1. The van der Waals surface area contributed by atoms with Crippen LogP contribution in [0.3, 0.4) is 0 Å². The normalized spacial score (nSPS) is 18.2.